The Kier molecular flexibility index (Phi) is 10.8. The first kappa shape index (κ1) is 34.0. The molecular weight excluding hydrogens is 540 g/mol. The second kappa shape index (κ2) is 12.8. The molecule has 0 amide bonds. The predicted octanol–water partition coefficient (Wildman–Crippen LogP) is 4.93. The van der Waals surface area contributed by atoms with Gasteiger partial charge >= 0.3 is 17.9 Å². The molecule has 2 rings (SSSR count). The lowest BCUT2D eigenvalue weighted by Gasteiger charge is -2.48. The summed E-state index contributed by atoms with van der Waals surface area (Å²) in [6, 6.07) is 0. The summed E-state index contributed by atoms with van der Waals surface area (Å²) in [5.41, 5.74) is -1.35. The number of carbonyl (C=O) groups excluding carboxylic acids is 3. The Balaban J connectivity index is 2.58. The molecule has 0 bridgehead atoms. The SMILES string of the molecule is C=C([C@H](C[C@H]1OC(C)(C)OC1(C)C)OC(=O)/C(C)=C\C)[C@H]1C[C@H](Cl)[C@@](C)(O)[C@@H](OC(C)=O)[C@H]1OC(=O)/C(C)=C\C. The van der Waals surface area contributed by atoms with E-state index in [-0.39, 0.29) is 12.8 Å². The van der Waals surface area contributed by atoms with E-state index in [9.17, 15) is 19.5 Å². The van der Waals surface area contributed by atoms with Crippen LogP contribution in [0.25, 0.3) is 0 Å². The molecule has 9 nitrogen and oxygen atoms in total. The summed E-state index contributed by atoms with van der Waals surface area (Å²) in [5, 5.41) is 10.4. The van der Waals surface area contributed by atoms with Gasteiger partial charge in [0, 0.05) is 30.4 Å². The van der Waals surface area contributed by atoms with Gasteiger partial charge in [-0.1, -0.05) is 18.7 Å². The predicted molar refractivity (Wildman–Crippen MR) is 150 cm³/mol. The summed E-state index contributed by atoms with van der Waals surface area (Å²) in [6.45, 7) is 20.9. The Labute approximate surface area is 242 Å². The molecule has 0 aromatic carbocycles. The van der Waals surface area contributed by atoms with Crippen molar-refractivity contribution >= 4 is 29.5 Å². The van der Waals surface area contributed by atoms with Gasteiger partial charge in [-0.25, -0.2) is 9.59 Å². The lowest BCUT2D eigenvalue weighted by atomic mass is 9.70. The second-order valence-corrected chi connectivity index (χ2v) is 12.3. The van der Waals surface area contributed by atoms with Crippen molar-refractivity contribution in [3.63, 3.8) is 0 Å². The van der Waals surface area contributed by atoms with Gasteiger partial charge in [0.1, 0.15) is 17.8 Å². The fraction of sp³-hybridized carbons (Fsp3) is 0.700. The zero-order chi connectivity index (χ0) is 30.8. The molecule has 2 aliphatic rings. The first-order valence-electron chi connectivity index (χ1n) is 13.6. The molecule has 0 aromatic heterocycles. The van der Waals surface area contributed by atoms with Gasteiger partial charge in [-0.15, -0.1) is 11.6 Å². The first-order valence-corrected chi connectivity index (χ1v) is 14.0. The molecule has 40 heavy (non-hydrogen) atoms. The number of ether oxygens (including phenoxy) is 5. The number of aliphatic hydroxyl groups is 1. The van der Waals surface area contributed by atoms with Crippen LogP contribution in [0.5, 0.6) is 0 Å². The Hall–Kier alpha value is -2.20. The van der Waals surface area contributed by atoms with E-state index in [2.05, 4.69) is 6.58 Å². The van der Waals surface area contributed by atoms with Gasteiger partial charge in [0.25, 0.3) is 0 Å². The third-order valence-electron chi connectivity index (χ3n) is 7.69. The van der Waals surface area contributed by atoms with Crippen LogP contribution in [0, 0.1) is 5.92 Å². The van der Waals surface area contributed by atoms with Gasteiger partial charge in [0.05, 0.1) is 17.1 Å². The topological polar surface area (TPSA) is 118 Å². The molecule has 0 spiro atoms. The van der Waals surface area contributed by atoms with Crippen molar-refractivity contribution in [3.05, 3.63) is 35.5 Å². The lowest BCUT2D eigenvalue weighted by molar-refractivity contribution is -0.203. The zero-order valence-corrected chi connectivity index (χ0v) is 26.1. The Bertz CT molecular complexity index is 1060. The van der Waals surface area contributed by atoms with Gasteiger partial charge in [-0.05, 0) is 74.3 Å². The summed E-state index contributed by atoms with van der Waals surface area (Å²) in [4.78, 5) is 38.0. The van der Waals surface area contributed by atoms with Gasteiger partial charge in [0.2, 0.25) is 0 Å². The van der Waals surface area contributed by atoms with E-state index in [1.165, 1.54) is 13.8 Å². The molecule has 1 aliphatic carbocycles. The fourth-order valence-electron chi connectivity index (χ4n) is 5.11. The van der Waals surface area contributed by atoms with Crippen LogP contribution in [0.15, 0.2) is 35.5 Å². The highest BCUT2D eigenvalue weighted by atomic mass is 35.5. The maximum absolute atomic E-state index is 13.0. The van der Waals surface area contributed by atoms with E-state index in [0.29, 0.717) is 16.7 Å². The van der Waals surface area contributed by atoms with Crippen LogP contribution in [0.3, 0.4) is 0 Å². The van der Waals surface area contributed by atoms with Crippen LogP contribution < -0.4 is 0 Å². The normalized spacial score (nSPS) is 32.6. The number of hydrogen-bond donors (Lipinski definition) is 1. The van der Waals surface area contributed by atoms with Crippen molar-refractivity contribution in [2.24, 2.45) is 5.92 Å². The molecule has 226 valence electrons. The largest absolute Gasteiger partial charge is 0.455 e. The zero-order valence-electron chi connectivity index (χ0n) is 25.3. The van der Waals surface area contributed by atoms with Crippen LogP contribution in [0.2, 0.25) is 0 Å². The van der Waals surface area contributed by atoms with Gasteiger partial charge in [-0.2, -0.15) is 0 Å². The van der Waals surface area contributed by atoms with Crippen molar-refractivity contribution in [2.75, 3.05) is 0 Å². The number of hydrogen-bond acceptors (Lipinski definition) is 9. The van der Waals surface area contributed by atoms with Crippen LogP contribution in [-0.2, 0) is 38.1 Å². The minimum Gasteiger partial charge on any atom is -0.455 e. The lowest BCUT2D eigenvalue weighted by Crippen LogP contribution is -2.63. The van der Waals surface area contributed by atoms with E-state index in [4.69, 9.17) is 35.3 Å². The second-order valence-electron chi connectivity index (χ2n) is 11.8. The number of rotatable bonds is 9. The average Bonchev–Trinajstić information content (AvgIpc) is 3.06. The molecule has 1 N–H and O–H groups in total. The molecule has 2 fully saturated rings. The molecule has 10 heteroatoms. The van der Waals surface area contributed by atoms with Crippen molar-refractivity contribution in [1.82, 2.24) is 0 Å². The Morgan fingerprint density at radius 2 is 1.57 bits per heavy atom. The quantitative estimate of drug-likeness (QED) is 0.132. The first-order chi connectivity index (χ1) is 18.3. The third kappa shape index (κ3) is 7.75. The number of esters is 3. The van der Waals surface area contributed by atoms with Crippen molar-refractivity contribution < 1.29 is 43.2 Å². The molecule has 0 unspecified atom stereocenters. The molecule has 1 saturated carbocycles. The average molecular weight is 585 g/mol. The highest BCUT2D eigenvalue weighted by molar-refractivity contribution is 6.21. The van der Waals surface area contributed by atoms with Crippen LogP contribution in [0.1, 0.15) is 82.1 Å². The number of allylic oxidation sites excluding steroid dienone is 2. The number of carbonyl (C=O) groups is 3. The summed E-state index contributed by atoms with van der Waals surface area (Å²) in [6.07, 6.45) is -0.372. The number of alkyl halides is 1. The van der Waals surface area contributed by atoms with Crippen molar-refractivity contribution in [3.8, 4) is 0 Å². The minimum absolute atomic E-state index is 0.103. The molecule has 7 atom stereocenters. The van der Waals surface area contributed by atoms with Crippen LogP contribution in [-0.4, -0.2) is 69.8 Å². The Morgan fingerprint density at radius 1 is 1.02 bits per heavy atom. The van der Waals surface area contributed by atoms with Gasteiger partial charge in [-0.3, -0.25) is 4.79 Å². The molecule has 0 radical (unpaired) electrons. The third-order valence-corrected chi connectivity index (χ3v) is 8.31. The van der Waals surface area contributed by atoms with E-state index in [0.717, 1.165) is 0 Å². The highest BCUT2D eigenvalue weighted by Gasteiger charge is 2.57. The fourth-order valence-corrected chi connectivity index (χ4v) is 5.43. The summed E-state index contributed by atoms with van der Waals surface area (Å²) >= 11 is 6.66. The van der Waals surface area contributed by atoms with E-state index < -0.39 is 70.6 Å². The monoisotopic (exact) mass is 584 g/mol. The van der Waals surface area contributed by atoms with Gasteiger partial charge < -0.3 is 28.8 Å². The highest BCUT2D eigenvalue weighted by Crippen LogP contribution is 2.45. The van der Waals surface area contributed by atoms with E-state index >= 15 is 0 Å². The van der Waals surface area contributed by atoms with Crippen LogP contribution in [0.4, 0.5) is 0 Å². The maximum atomic E-state index is 13.0. The standard InChI is InChI=1S/C30H45ClO9/c1-12-16(3)26(33)37-21(15-23-28(7,8)40-29(9,10)39-23)18(5)20-14-22(31)30(11,35)25(36-19(6)32)24(20)38-27(34)17(4)13-2/h12-13,20-25,35H,5,14-15H2,1-4,6-11H3/b16-12-,17-13-/t20-,21+,22+,23-,24+,25+,30-/m1/s1. The Morgan fingerprint density at radius 3 is 2.05 bits per heavy atom. The van der Waals surface area contributed by atoms with Crippen molar-refractivity contribution in [1.29, 1.82) is 0 Å². The smallest absolute Gasteiger partial charge is 0.333 e. The minimum atomic E-state index is -1.74. The van der Waals surface area contributed by atoms with Gasteiger partial charge in [0.15, 0.2) is 11.9 Å². The van der Waals surface area contributed by atoms with Crippen molar-refractivity contribution in [2.45, 2.75) is 129 Å². The number of halogens is 1. The van der Waals surface area contributed by atoms with Crippen LogP contribution >= 0.6 is 11.6 Å². The molecular formula is C30H45ClO9. The molecule has 1 aliphatic heterocycles. The molecule has 1 heterocycles. The maximum Gasteiger partial charge on any atom is 0.333 e. The summed E-state index contributed by atoms with van der Waals surface area (Å²) < 4.78 is 29.6. The summed E-state index contributed by atoms with van der Waals surface area (Å²) in [7, 11) is 0. The molecule has 1 saturated heterocycles. The summed E-state index contributed by atoms with van der Waals surface area (Å²) in [5.74, 6) is -3.50. The van der Waals surface area contributed by atoms with E-state index in [1.54, 1.807) is 53.7 Å². The molecule has 0 aromatic rings. The van der Waals surface area contributed by atoms with E-state index in [1.807, 2.05) is 13.8 Å².